The monoisotopic (exact) mass is 488 g/mol. The van der Waals surface area contributed by atoms with E-state index >= 15 is 0 Å². The van der Waals surface area contributed by atoms with Crippen LogP contribution < -0.4 is 5.32 Å². The molecule has 0 spiro atoms. The van der Waals surface area contributed by atoms with E-state index in [-0.39, 0.29) is 19.3 Å². The number of imide groups is 2. The maximum atomic E-state index is 12.9. The second kappa shape index (κ2) is 12.5. The molecule has 0 bridgehead atoms. The van der Waals surface area contributed by atoms with E-state index in [1.807, 2.05) is 78.9 Å². The van der Waals surface area contributed by atoms with Crippen LogP contribution in [0.2, 0.25) is 0 Å². The van der Waals surface area contributed by atoms with E-state index in [1.165, 1.54) is 0 Å². The minimum atomic E-state index is -0.944. The minimum absolute atomic E-state index is 0.00254. The Bertz CT molecular complexity index is 1130. The van der Waals surface area contributed by atoms with Crippen LogP contribution in [0.3, 0.4) is 0 Å². The molecule has 0 unspecified atom stereocenters. The number of rotatable bonds is 8. The second-order valence-electron chi connectivity index (χ2n) is 8.45. The molecule has 8 heteroatoms. The van der Waals surface area contributed by atoms with Crippen LogP contribution in [-0.4, -0.2) is 35.3 Å². The molecular formula is C28H28N2O6. The average molecular weight is 489 g/mol. The molecule has 0 radical (unpaired) electrons. The maximum absolute atomic E-state index is 12.9. The number of hydrogen-bond acceptors (Lipinski definition) is 6. The van der Waals surface area contributed by atoms with Gasteiger partial charge in [-0.05, 0) is 29.5 Å². The first kappa shape index (κ1) is 24.9. The first-order chi connectivity index (χ1) is 17.6. The number of alkyl carbamates (subject to hydrolysis) is 1. The summed E-state index contributed by atoms with van der Waals surface area (Å²) in [4.78, 5) is 39.0. The van der Waals surface area contributed by atoms with Gasteiger partial charge in [0.1, 0.15) is 13.2 Å². The van der Waals surface area contributed by atoms with E-state index in [4.69, 9.17) is 14.2 Å². The van der Waals surface area contributed by atoms with Gasteiger partial charge in [-0.3, -0.25) is 0 Å². The minimum Gasteiger partial charge on any atom is -0.444 e. The summed E-state index contributed by atoms with van der Waals surface area (Å²) in [5, 5.41) is 2.14. The molecule has 0 heterocycles. The van der Waals surface area contributed by atoms with Crippen molar-refractivity contribution in [1.82, 2.24) is 10.2 Å². The van der Waals surface area contributed by atoms with Crippen molar-refractivity contribution in [3.63, 3.8) is 0 Å². The topological polar surface area (TPSA) is 94.2 Å². The fraction of sp³-hybridized carbons (Fsp3) is 0.250. The van der Waals surface area contributed by atoms with Gasteiger partial charge in [-0.25, -0.2) is 24.6 Å². The molecule has 4 rings (SSSR count). The summed E-state index contributed by atoms with van der Waals surface area (Å²) >= 11 is 0. The summed E-state index contributed by atoms with van der Waals surface area (Å²) in [5.41, 5.74) is 2.60. The molecule has 0 atom stereocenters. The molecule has 8 nitrogen and oxygen atoms in total. The summed E-state index contributed by atoms with van der Waals surface area (Å²) in [5.74, 6) is 0. The average Bonchev–Trinajstić information content (AvgIpc) is 2.89. The lowest BCUT2D eigenvalue weighted by molar-refractivity contribution is -0.0477. The van der Waals surface area contributed by atoms with Gasteiger partial charge in [0, 0.05) is 6.04 Å². The quantitative estimate of drug-likeness (QED) is 0.455. The molecule has 4 amide bonds. The van der Waals surface area contributed by atoms with Crippen molar-refractivity contribution >= 4 is 18.2 Å². The highest BCUT2D eigenvalue weighted by molar-refractivity contribution is 5.98. The third kappa shape index (κ3) is 7.16. The van der Waals surface area contributed by atoms with Crippen LogP contribution in [-0.2, 0) is 34.0 Å². The van der Waals surface area contributed by atoms with Crippen LogP contribution in [0.5, 0.6) is 0 Å². The van der Waals surface area contributed by atoms with Crippen LogP contribution in [0, 0.1) is 0 Å². The van der Waals surface area contributed by atoms with E-state index in [2.05, 4.69) is 5.32 Å². The summed E-state index contributed by atoms with van der Waals surface area (Å²) in [6, 6.07) is 26.6. The lowest BCUT2D eigenvalue weighted by Gasteiger charge is -2.40. The third-order valence-corrected chi connectivity index (χ3v) is 5.81. The summed E-state index contributed by atoms with van der Waals surface area (Å²) < 4.78 is 16.4. The molecule has 1 fully saturated rings. The molecule has 1 saturated carbocycles. The summed E-state index contributed by atoms with van der Waals surface area (Å²) in [6.07, 6.45) is -1.00. The summed E-state index contributed by atoms with van der Waals surface area (Å²) in [7, 11) is 0. The van der Waals surface area contributed by atoms with E-state index in [0.717, 1.165) is 21.6 Å². The van der Waals surface area contributed by atoms with Crippen LogP contribution in [0.1, 0.15) is 29.5 Å². The fourth-order valence-electron chi connectivity index (χ4n) is 3.77. The third-order valence-electron chi connectivity index (χ3n) is 5.81. The van der Waals surface area contributed by atoms with Gasteiger partial charge in [0.2, 0.25) is 0 Å². The normalized spacial score (nSPS) is 16.3. The zero-order valence-corrected chi connectivity index (χ0v) is 19.7. The number of benzene rings is 3. The van der Waals surface area contributed by atoms with E-state index in [1.54, 1.807) is 12.1 Å². The Morgan fingerprint density at radius 3 is 1.69 bits per heavy atom. The van der Waals surface area contributed by atoms with Crippen LogP contribution >= 0.6 is 0 Å². The predicted octanol–water partition coefficient (Wildman–Crippen LogP) is 5.42. The molecule has 0 aliphatic heterocycles. The standard InChI is InChI=1S/C28H28N2O6/c31-26(29-27(32)35-19-22-12-6-2-7-13-22)30(28(33)36-20-23-14-8-3-9-15-23)24-16-25(17-24)34-18-21-10-4-1-5-11-21/h1-15,24-25H,16-20H2,(H,29,31,32). The highest BCUT2D eigenvalue weighted by Gasteiger charge is 2.41. The zero-order valence-electron chi connectivity index (χ0n) is 19.7. The Hall–Kier alpha value is -4.17. The number of amides is 4. The number of nitrogens with one attached hydrogen (secondary N) is 1. The van der Waals surface area contributed by atoms with Crippen LogP contribution in [0.15, 0.2) is 91.0 Å². The highest BCUT2D eigenvalue weighted by Crippen LogP contribution is 2.30. The van der Waals surface area contributed by atoms with Crippen molar-refractivity contribution < 1.29 is 28.6 Å². The largest absolute Gasteiger partial charge is 0.444 e. The molecule has 3 aromatic carbocycles. The van der Waals surface area contributed by atoms with Crippen LogP contribution in [0.4, 0.5) is 14.4 Å². The Morgan fingerprint density at radius 1 is 0.694 bits per heavy atom. The Balaban J connectivity index is 1.33. The zero-order chi connectivity index (χ0) is 25.2. The van der Waals surface area contributed by atoms with E-state index < -0.39 is 24.3 Å². The lowest BCUT2D eigenvalue weighted by Crippen LogP contribution is -2.57. The smallest absolute Gasteiger partial charge is 0.418 e. The molecule has 1 aliphatic carbocycles. The molecule has 1 aliphatic rings. The van der Waals surface area contributed by atoms with Gasteiger partial charge in [0.15, 0.2) is 0 Å². The molecule has 36 heavy (non-hydrogen) atoms. The number of carbonyl (C=O) groups is 3. The van der Waals surface area contributed by atoms with Gasteiger partial charge in [0.25, 0.3) is 0 Å². The first-order valence-corrected chi connectivity index (χ1v) is 11.8. The van der Waals surface area contributed by atoms with Crippen molar-refractivity contribution in [2.24, 2.45) is 0 Å². The van der Waals surface area contributed by atoms with Gasteiger partial charge in [0.05, 0.1) is 12.7 Å². The number of carbonyl (C=O) groups excluding carboxylic acids is 3. The molecule has 1 N–H and O–H groups in total. The Kier molecular flexibility index (Phi) is 8.67. The van der Waals surface area contributed by atoms with Gasteiger partial charge < -0.3 is 14.2 Å². The van der Waals surface area contributed by atoms with Gasteiger partial charge >= 0.3 is 18.2 Å². The molecule has 186 valence electrons. The van der Waals surface area contributed by atoms with Crippen LogP contribution in [0.25, 0.3) is 0 Å². The lowest BCUT2D eigenvalue weighted by atomic mass is 9.88. The molecule has 3 aromatic rings. The van der Waals surface area contributed by atoms with Crippen molar-refractivity contribution in [1.29, 1.82) is 0 Å². The van der Waals surface area contributed by atoms with Crippen molar-refractivity contribution in [3.05, 3.63) is 108 Å². The Morgan fingerprint density at radius 2 is 1.17 bits per heavy atom. The first-order valence-electron chi connectivity index (χ1n) is 11.8. The van der Waals surface area contributed by atoms with Gasteiger partial charge in [-0.1, -0.05) is 91.0 Å². The second-order valence-corrected chi connectivity index (χ2v) is 8.45. The SMILES string of the molecule is O=C(NC(=O)N(C(=O)OCc1ccccc1)C1CC(OCc2ccccc2)C1)OCc1ccccc1. The number of ether oxygens (including phenoxy) is 3. The van der Waals surface area contributed by atoms with Gasteiger partial charge in [-0.15, -0.1) is 0 Å². The van der Waals surface area contributed by atoms with E-state index in [0.29, 0.717) is 19.4 Å². The Labute approximate surface area is 209 Å². The molecule has 0 aromatic heterocycles. The summed E-state index contributed by atoms with van der Waals surface area (Å²) in [6.45, 7) is 0.439. The van der Waals surface area contributed by atoms with Gasteiger partial charge in [-0.2, -0.15) is 0 Å². The van der Waals surface area contributed by atoms with Crippen molar-refractivity contribution in [2.45, 2.75) is 44.8 Å². The molecular weight excluding hydrogens is 460 g/mol. The predicted molar refractivity (Wildman–Crippen MR) is 132 cm³/mol. The van der Waals surface area contributed by atoms with Crippen molar-refractivity contribution in [3.8, 4) is 0 Å². The number of urea groups is 1. The number of hydrogen-bond donors (Lipinski definition) is 1. The number of nitrogens with zero attached hydrogens (tertiary/aromatic N) is 1. The molecule has 0 saturated heterocycles. The van der Waals surface area contributed by atoms with Crippen molar-refractivity contribution in [2.75, 3.05) is 0 Å². The highest BCUT2D eigenvalue weighted by atomic mass is 16.6. The fourth-order valence-corrected chi connectivity index (χ4v) is 3.77. The maximum Gasteiger partial charge on any atom is 0.418 e. The van der Waals surface area contributed by atoms with E-state index in [9.17, 15) is 14.4 Å².